The zero-order valence-corrected chi connectivity index (χ0v) is 20.8. The lowest BCUT2D eigenvalue weighted by atomic mass is 10.1. The standard InChI is InChI=1S/C12H10O.C9H9NO.C9H7NO.Al/c13-12-8-6-11(7-9-12)10-4-2-1-3-5-10;2*11-8-5-1-3-7-4-2-6-10-9(7)8;/h1-9,13H;1,3-5,11H,2,6H2;1-6,11H;/q;;;+3/p-2. The molecule has 174 valence electrons. The molecule has 1 aliphatic heterocycles. The smallest absolute Gasteiger partial charge is 0.577 e. The summed E-state index contributed by atoms with van der Waals surface area (Å²) in [5.41, 5.74) is 3.06. The number of nitrogens with zero attached hydrogens (tertiary/aromatic N) is 1. The molecule has 0 unspecified atom stereocenters. The van der Waals surface area contributed by atoms with Crippen LogP contribution in [0.3, 0.4) is 0 Å². The fourth-order valence-electron chi connectivity index (χ4n) is 4.35. The van der Waals surface area contributed by atoms with E-state index in [1.807, 2.05) is 72.8 Å². The van der Waals surface area contributed by atoms with Gasteiger partial charge in [-0.05, 0) is 47.5 Å². The summed E-state index contributed by atoms with van der Waals surface area (Å²) >= 11 is -2.75. The quantitative estimate of drug-likeness (QED) is 0.358. The lowest BCUT2D eigenvalue weighted by Crippen LogP contribution is -2.81. The highest BCUT2D eigenvalue weighted by Gasteiger charge is 2.45. The third kappa shape index (κ3) is 4.83. The van der Waals surface area contributed by atoms with Crippen molar-refractivity contribution in [1.29, 1.82) is 0 Å². The molecule has 0 bridgehead atoms. The molecular formula is C30H24AlN2O3+. The summed E-state index contributed by atoms with van der Waals surface area (Å²) in [6.45, 7) is 0.871. The van der Waals surface area contributed by atoms with Gasteiger partial charge in [-0.25, -0.2) is 4.99 Å². The van der Waals surface area contributed by atoms with Gasteiger partial charge in [0.1, 0.15) is 17.8 Å². The first kappa shape index (κ1) is 22.4. The van der Waals surface area contributed by atoms with E-state index >= 15 is 0 Å². The van der Waals surface area contributed by atoms with Crippen molar-refractivity contribution in [1.82, 2.24) is 4.98 Å². The molecule has 0 atom stereocenters. The van der Waals surface area contributed by atoms with Crippen LogP contribution >= 0.6 is 0 Å². The fourth-order valence-corrected chi connectivity index (χ4v) is 5.67. The molecule has 6 heteroatoms. The minimum atomic E-state index is -2.75. The van der Waals surface area contributed by atoms with Gasteiger partial charge in [0.25, 0.3) is 0 Å². The van der Waals surface area contributed by atoms with Crippen molar-refractivity contribution in [2.75, 3.05) is 6.54 Å². The summed E-state index contributed by atoms with van der Waals surface area (Å²) in [4.78, 5) is 7.99. The van der Waals surface area contributed by atoms with Crippen LogP contribution in [0, 0.1) is 0 Å². The number of benzene rings is 4. The van der Waals surface area contributed by atoms with E-state index in [0.29, 0.717) is 11.5 Å². The molecule has 0 aliphatic carbocycles. The Balaban J connectivity index is 1.33. The molecule has 0 fully saturated rings. The van der Waals surface area contributed by atoms with Crippen molar-refractivity contribution in [3.05, 3.63) is 120 Å². The predicted molar refractivity (Wildman–Crippen MR) is 141 cm³/mol. The summed E-state index contributed by atoms with van der Waals surface area (Å²) in [6, 6.07) is 34.2. The molecule has 0 radical (unpaired) electrons. The van der Waals surface area contributed by atoms with Gasteiger partial charge in [-0.2, -0.15) is 0 Å². The number of para-hydroxylation sites is 2. The Hall–Kier alpha value is -4.11. The summed E-state index contributed by atoms with van der Waals surface area (Å²) in [5.74, 6) is 2.08. The van der Waals surface area contributed by atoms with Crippen LogP contribution in [0.25, 0.3) is 28.1 Å². The van der Waals surface area contributed by atoms with Crippen LogP contribution in [0.1, 0.15) is 6.42 Å². The normalized spacial score (nSPS) is 12.1. The molecule has 5 aromatic rings. The van der Waals surface area contributed by atoms with Gasteiger partial charge in [-0.3, -0.25) is 4.98 Å². The first-order valence-electron chi connectivity index (χ1n) is 12.0. The first-order valence-corrected chi connectivity index (χ1v) is 13.4. The van der Waals surface area contributed by atoms with Gasteiger partial charge >= 0.3 is 15.1 Å². The van der Waals surface area contributed by atoms with Gasteiger partial charge in [0.05, 0.1) is 5.75 Å². The molecule has 2 heterocycles. The van der Waals surface area contributed by atoms with Crippen LogP contribution in [0.15, 0.2) is 109 Å². The second-order valence-electron chi connectivity index (χ2n) is 8.50. The van der Waals surface area contributed by atoms with E-state index in [0.717, 1.165) is 51.3 Å². The fraction of sp³-hybridized carbons (Fsp3) is 0.0667. The lowest BCUT2D eigenvalue weighted by molar-refractivity contribution is -0.501. The van der Waals surface area contributed by atoms with Crippen LogP contribution in [0.2, 0.25) is 0 Å². The average Bonchev–Trinajstić information content (AvgIpc) is 2.94. The Bertz CT molecular complexity index is 1620. The molecule has 0 spiro atoms. The Morgan fingerprint density at radius 2 is 1.42 bits per heavy atom. The maximum absolute atomic E-state index is 6.47. The van der Waals surface area contributed by atoms with Crippen molar-refractivity contribution in [3.8, 4) is 28.4 Å². The van der Waals surface area contributed by atoms with Gasteiger partial charge < -0.3 is 11.4 Å². The number of hydrogen-bond acceptors (Lipinski definition) is 4. The second kappa shape index (κ2) is 10.3. The monoisotopic (exact) mass is 487 g/mol. The van der Waals surface area contributed by atoms with E-state index in [1.165, 1.54) is 0 Å². The largest absolute Gasteiger partial charge is 1.20 e. The molecule has 0 amide bonds. The van der Waals surface area contributed by atoms with Crippen molar-refractivity contribution in [2.24, 2.45) is 0 Å². The maximum atomic E-state index is 6.47. The van der Waals surface area contributed by atoms with Gasteiger partial charge in [0, 0.05) is 23.2 Å². The molecule has 1 aliphatic rings. The topological polar surface area (TPSA) is 54.5 Å². The second-order valence-corrected chi connectivity index (χ2v) is 9.79. The molecule has 5 nitrogen and oxygen atoms in total. The summed E-state index contributed by atoms with van der Waals surface area (Å²) in [6.07, 6.45) is 4.97. The highest BCUT2D eigenvalue weighted by molar-refractivity contribution is 6.39. The van der Waals surface area contributed by atoms with Gasteiger partial charge in [-0.15, -0.1) is 0 Å². The van der Waals surface area contributed by atoms with E-state index in [2.05, 4.69) is 46.4 Å². The third-order valence-corrected chi connectivity index (χ3v) is 7.46. The molecule has 0 saturated carbocycles. The Morgan fingerprint density at radius 3 is 2.31 bits per heavy atom. The van der Waals surface area contributed by atoms with E-state index < -0.39 is 15.1 Å². The van der Waals surface area contributed by atoms with Crippen LogP contribution < -0.4 is 26.9 Å². The van der Waals surface area contributed by atoms with Gasteiger partial charge in [0.2, 0.25) is 5.36 Å². The number of rotatable bonds is 7. The van der Waals surface area contributed by atoms with Gasteiger partial charge in [0.15, 0.2) is 5.75 Å². The Labute approximate surface area is 214 Å². The van der Waals surface area contributed by atoms with Crippen molar-refractivity contribution < 1.29 is 16.4 Å². The average molecular weight is 488 g/mol. The minimum absolute atomic E-state index is 0.648. The molecule has 1 aromatic heterocycles. The van der Waals surface area contributed by atoms with Crippen molar-refractivity contribution in [3.63, 3.8) is 0 Å². The summed E-state index contributed by atoms with van der Waals surface area (Å²) in [7, 11) is 0. The molecular weight excluding hydrogens is 463 g/mol. The highest BCUT2D eigenvalue weighted by atomic mass is 27.3. The Kier molecular flexibility index (Phi) is 6.37. The SMILES string of the molecule is C1=c2cccc([O][Al]([O]c3ccc(-c4ccccc4)cc3)[O]c3cccc4cccnc34)c2=[NH+]CC1. The third-order valence-electron chi connectivity index (χ3n) is 6.10. The highest BCUT2D eigenvalue weighted by Crippen LogP contribution is 2.26. The van der Waals surface area contributed by atoms with Crippen LogP contribution in [0.5, 0.6) is 17.2 Å². The van der Waals surface area contributed by atoms with Crippen molar-refractivity contribution in [2.45, 2.75) is 6.42 Å². The van der Waals surface area contributed by atoms with E-state index in [1.54, 1.807) is 6.20 Å². The zero-order valence-electron chi connectivity index (χ0n) is 19.6. The number of hydrogen-bond donors (Lipinski definition) is 1. The van der Waals surface area contributed by atoms with E-state index in [-0.39, 0.29) is 0 Å². The van der Waals surface area contributed by atoms with E-state index in [4.69, 9.17) is 11.4 Å². The molecule has 6 rings (SSSR count). The van der Waals surface area contributed by atoms with E-state index in [9.17, 15) is 0 Å². The minimum Gasteiger partial charge on any atom is -0.577 e. The molecule has 0 saturated heterocycles. The number of aromatic nitrogens is 1. The van der Waals surface area contributed by atoms with Gasteiger partial charge in [-0.1, -0.05) is 72.8 Å². The van der Waals surface area contributed by atoms with Crippen molar-refractivity contribution >= 4 is 32.1 Å². The number of fused-ring (bicyclic) bond motifs is 2. The maximum Gasteiger partial charge on any atom is 1.20 e. The van der Waals surface area contributed by atoms with Crippen LogP contribution in [0.4, 0.5) is 0 Å². The summed E-state index contributed by atoms with van der Waals surface area (Å²) < 4.78 is 19.3. The first-order chi connectivity index (χ1) is 17.8. The molecule has 1 N–H and O–H groups in total. The number of nitrogens with one attached hydrogen (secondary N) is 1. The predicted octanol–water partition coefficient (Wildman–Crippen LogP) is 3.31. The molecule has 4 aromatic carbocycles. The summed E-state index contributed by atoms with van der Waals surface area (Å²) in [5, 5.41) is 3.11. The zero-order chi connectivity index (χ0) is 24.2. The van der Waals surface area contributed by atoms with Crippen LogP contribution in [-0.2, 0) is 0 Å². The Morgan fingerprint density at radius 1 is 0.667 bits per heavy atom. The number of pyridine rings is 1. The lowest BCUT2D eigenvalue weighted by Gasteiger charge is -2.17. The molecule has 36 heavy (non-hydrogen) atoms. The van der Waals surface area contributed by atoms with Crippen LogP contribution in [-0.4, -0.2) is 26.7 Å².